The van der Waals surface area contributed by atoms with Crippen LogP contribution in [-0.4, -0.2) is 42.5 Å². The molecule has 1 aromatic heterocycles. The maximum atomic E-state index is 13.3. The number of carbonyl (C=O) groups excluding carboxylic acids is 1. The van der Waals surface area contributed by atoms with Crippen molar-refractivity contribution in [2.75, 3.05) is 26.7 Å². The highest BCUT2D eigenvalue weighted by Crippen LogP contribution is 2.27. The molecule has 0 saturated carbocycles. The van der Waals surface area contributed by atoms with Crippen molar-refractivity contribution in [2.45, 2.75) is 12.8 Å². The van der Waals surface area contributed by atoms with Gasteiger partial charge in [-0.1, -0.05) is 48.5 Å². The minimum Gasteiger partial charge on any atom is -0.339 e. The summed E-state index contributed by atoms with van der Waals surface area (Å²) in [6.45, 7) is 2.67. The van der Waals surface area contributed by atoms with E-state index >= 15 is 0 Å². The van der Waals surface area contributed by atoms with Crippen LogP contribution < -0.4 is 5.32 Å². The Kier molecular flexibility index (Phi) is 8.45. The van der Waals surface area contributed by atoms with Gasteiger partial charge in [0, 0.05) is 24.0 Å². The summed E-state index contributed by atoms with van der Waals surface area (Å²) in [6, 6.07) is 20.0. The maximum absolute atomic E-state index is 13.3. The zero-order valence-corrected chi connectivity index (χ0v) is 18.1. The van der Waals surface area contributed by atoms with Crippen LogP contribution in [0.3, 0.4) is 0 Å². The molecule has 0 atom stereocenters. The third-order valence-electron chi connectivity index (χ3n) is 5.41. The number of halogens is 2. The van der Waals surface area contributed by atoms with E-state index in [1.807, 2.05) is 72.6 Å². The molecule has 2 aromatic carbocycles. The summed E-state index contributed by atoms with van der Waals surface area (Å²) < 4.78 is 0. The van der Waals surface area contributed by atoms with E-state index in [9.17, 15) is 4.79 Å². The Hall–Kier alpha value is -2.14. The lowest BCUT2D eigenvalue weighted by atomic mass is 9.95. The van der Waals surface area contributed by atoms with Gasteiger partial charge in [0.15, 0.2) is 0 Å². The molecule has 0 radical (unpaired) electrons. The quantitative estimate of drug-likeness (QED) is 0.643. The van der Waals surface area contributed by atoms with Crippen LogP contribution in [0.25, 0.3) is 22.2 Å². The van der Waals surface area contributed by atoms with E-state index in [4.69, 9.17) is 4.98 Å². The van der Waals surface area contributed by atoms with Crippen LogP contribution in [-0.2, 0) is 0 Å². The number of benzene rings is 2. The first-order valence-electron chi connectivity index (χ1n) is 9.65. The number of nitrogens with zero attached hydrogens (tertiary/aromatic N) is 2. The molecule has 3 aromatic rings. The molecular weight excluding hydrogens is 405 g/mol. The van der Waals surface area contributed by atoms with E-state index in [-0.39, 0.29) is 30.7 Å². The second-order valence-corrected chi connectivity index (χ2v) is 7.23. The number of nitrogens with one attached hydrogen (secondary N) is 1. The van der Waals surface area contributed by atoms with Crippen molar-refractivity contribution >= 4 is 41.6 Å². The van der Waals surface area contributed by atoms with Crippen molar-refractivity contribution in [3.05, 3.63) is 66.2 Å². The molecule has 29 heavy (non-hydrogen) atoms. The van der Waals surface area contributed by atoms with Gasteiger partial charge < -0.3 is 10.2 Å². The third kappa shape index (κ3) is 5.08. The minimum absolute atomic E-state index is 0. The molecule has 2 heterocycles. The first-order chi connectivity index (χ1) is 13.3. The lowest BCUT2D eigenvalue weighted by Gasteiger charge is -2.32. The van der Waals surface area contributed by atoms with Crippen molar-refractivity contribution in [3.8, 4) is 11.3 Å². The van der Waals surface area contributed by atoms with Gasteiger partial charge in [-0.15, -0.1) is 24.8 Å². The number of pyridine rings is 1. The lowest BCUT2D eigenvalue weighted by molar-refractivity contribution is 0.0693. The van der Waals surface area contributed by atoms with Crippen molar-refractivity contribution in [2.24, 2.45) is 5.92 Å². The van der Waals surface area contributed by atoms with Crippen LogP contribution in [0.2, 0.25) is 0 Å². The Morgan fingerprint density at radius 2 is 1.69 bits per heavy atom. The number of para-hydroxylation sites is 1. The first-order valence-corrected chi connectivity index (χ1v) is 9.65. The smallest absolute Gasteiger partial charge is 0.254 e. The zero-order valence-electron chi connectivity index (χ0n) is 16.5. The predicted molar refractivity (Wildman–Crippen MR) is 124 cm³/mol. The van der Waals surface area contributed by atoms with Crippen molar-refractivity contribution in [1.82, 2.24) is 15.2 Å². The fraction of sp³-hybridized carbons (Fsp3) is 0.304. The van der Waals surface area contributed by atoms with E-state index in [0.29, 0.717) is 5.92 Å². The second-order valence-electron chi connectivity index (χ2n) is 7.23. The van der Waals surface area contributed by atoms with Crippen LogP contribution >= 0.6 is 24.8 Å². The van der Waals surface area contributed by atoms with Crippen molar-refractivity contribution in [3.63, 3.8) is 0 Å². The minimum atomic E-state index is 0. The van der Waals surface area contributed by atoms with Crippen LogP contribution in [0, 0.1) is 5.92 Å². The van der Waals surface area contributed by atoms with Crippen LogP contribution in [0.15, 0.2) is 60.7 Å². The van der Waals surface area contributed by atoms with E-state index in [0.717, 1.165) is 60.2 Å². The van der Waals surface area contributed by atoms with Gasteiger partial charge in [-0.3, -0.25) is 4.79 Å². The fourth-order valence-corrected chi connectivity index (χ4v) is 3.91. The average Bonchev–Trinajstić information content (AvgIpc) is 2.74. The molecule has 6 heteroatoms. The Balaban J connectivity index is 0.00000150. The Bertz CT molecular complexity index is 941. The molecule has 0 unspecified atom stereocenters. The summed E-state index contributed by atoms with van der Waals surface area (Å²) in [5.41, 5.74) is 3.51. The number of amides is 1. The normalized spacial score (nSPS) is 14.2. The summed E-state index contributed by atoms with van der Waals surface area (Å²) >= 11 is 0. The average molecular weight is 432 g/mol. The number of aromatic nitrogens is 1. The van der Waals surface area contributed by atoms with E-state index in [1.165, 1.54) is 0 Å². The highest BCUT2D eigenvalue weighted by Gasteiger charge is 2.25. The van der Waals surface area contributed by atoms with E-state index in [1.54, 1.807) is 0 Å². The van der Waals surface area contributed by atoms with Crippen LogP contribution in [0.4, 0.5) is 0 Å². The highest BCUT2D eigenvalue weighted by atomic mass is 35.5. The number of fused-ring (bicyclic) bond motifs is 1. The van der Waals surface area contributed by atoms with Gasteiger partial charge in [-0.2, -0.15) is 0 Å². The number of rotatable bonds is 4. The summed E-state index contributed by atoms with van der Waals surface area (Å²) in [5.74, 6) is 0.779. The van der Waals surface area contributed by atoms with Gasteiger partial charge in [0.05, 0.1) is 16.8 Å². The summed E-state index contributed by atoms with van der Waals surface area (Å²) in [7, 11) is 1.99. The second kappa shape index (κ2) is 10.6. The molecule has 4 rings (SSSR count). The molecule has 1 saturated heterocycles. The summed E-state index contributed by atoms with van der Waals surface area (Å²) in [5, 5.41) is 4.18. The monoisotopic (exact) mass is 431 g/mol. The van der Waals surface area contributed by atoms with Gasteiger partial charge in [0.1, 0.15) is 0 Å². The summed E-state index contributed by atoms with van der Waals surface area (Å²) in [4.78, 5) is 20.1. The number of piperidine rings is 1. The number of hydrogen-bond donors (Lipinski definition) is 1. The zero-order chi connectivity index (χ0) is 18.6. The predicted octanol–water partition coefficient (Wildman–Crippen LogP) is 4.82. The van der Waals surface area contributed by atoms with Gasteiger partial charge in [-0.05, 0) is 44.5 Å². The van der Waals surface area contributed by atoms with Gasteiger partial charge in [-0.25, -0.2) is 4.98 Å². The molecule has 4 nitrogen and oxygen atoms in total. The Labute approximate surface area is 184 Å². The van der Waals surface area contributed by atoms with E-state index < -0.39 is 0 Å². The standard InChI is InChI=1S/C23H25N3O.2ClH/c1-24-16-17-11-13-26(14-12-17)23(27)20-15-22(18-7-3-2-4-8-18)25-21-10-6-5-9-19(20)21;;/h2-10,15,17,24H,11-14,16H2,1H3;2*1H. The largest absolute Gasteiger partial charge is 0.339 e. The molecular formula is C23H27Cl2N3O. The lowest BCUT2D eigenvalue weighted by Crippen LogP contribution is -2.40. The number of hydrogen-bond acceptors (Lipinski definition) is 3. The summed E-state index contributed by atoms with van der Waals surface area (Å²) in [6.07, 6.45) is 2.11. The molecule has 0 spiro atoms. The van der Waals surface area contributed by atoms with Crippen molar-refractivity contribution in [1.29, 1.82) is 0 Å². The SMILES string of the molecule is CNCC1CCN(C(=O)c2cc(-c3ccccc3)nc3ccccc23)CC1.Cl.Cl. The maximum Gasteiger partial charge on any atom is 0.254 e. The molecule has 1 fully saturated rings. The highest BCUT2D eigenvalue weighted by molar-refractivity contribution is 6.07. The van der Waals surface area contributed by atoms with Gasteiger partial charge in [0.25, 0.3) is 5.91 Å². The fourth-order valence-electron chi connectivity index (χ4n) is 3.91. The first kappa shape index (κ1) is 23.1. The van der Waals surface area contributed by atoms with Crippen LogP contribution in [0.5, 0.6) is 0 Å². The molecule has 1 aliphatic heterocycles. The topological polar surface area (TPSA) is 45.2 Å². The molecule has 0 aliphatic carbocycles. The van der Waals surface area contributed by atoms with Crippen LogP contribution in [0.1, 0.15) is 23.2 Å². The molecule has 1 aliphatic rings. The van der Waals surface area contributed by atoms with Gasteiger partial charge >= 0.3 is 0 Å². The molecule has 154 valence electrons. The van der Waals surface area contributed by atoms with Crippen molar-refractivity contribution < 1.29 is 4.79 Å². The van der Waals surface area contributed by atoms with E-state index in [2.05, 4.69) is 5.32 Å². The number of carbonyl (C=O) groups is 1. The third-order valence-corrected chi connectivity index (χ3v) is 5.41. The molecule has 1 amide bonds. The molecule has 1 N–H and O–H groups in total. The molecule has 0 bridgehead atoms. The number of likely N-dealkylation sites (tertiary alicyclic amines) is 1. The Morgan fingerprint density at radius 1 is 1.03 bits per heavy atom. The Morgan fingerprint density at radius 3 is 2.38 bits per heavy atom. The van der Waals surface area contributed by atoms with Gasteiger partial charge in [0.2, 0.25) is 0 Å².